The average Bonchev–Trinajstić information content (AvgIpc) is 2.73. The van der Waals surface area contributed by atoms with E-state index in [0.717, 1.165) is 22.5 Å². The molecular formula is C17H24BrNO2S. The minimum Gasteiger partial charge on any atom is -0.269 e. The van der Waals surface area contributed by atoms with Crippen LogP contribution in [-0.2, 0) is 15.4 Å². The number of hydrogen-bond acceptors (Lipinski definition) is 2. The van der Waals surface area contributed by atoms with Crippen LogP contribution in [0.4, 0.5) is 5.69 Å². The van der Waals surface area contributed by atoms with E-state index in [-0.39, 0.29) is 5.41 Å². The Morgan fingerprint density at radius 3 is 2.59 bits per heavy atom. The average molecular weight is 386 g/mol. The maximum atomic E-state index is 12.2. The largest absolute Gasteiger partial charge is 0.269 e. The zero-order chi connectivity index (χ0) is 16.0. The van der Waals surface area contributed by atoms with Gasteiger partial charge in [0.05, 0.1) is 11.9 Å². The molecule has 1 heterocycles. The van der Waals surface area contributed by atoms with E-state index in [1.807, 2.05) is 12.1 Å². The van der Waals surface area contributed by atoms with Crippen LogP contribution in [0.15, 0.2) is 22.7 Å². The molecule has 1 aliphatic carbocycles. The van der Waals surface area contributed by atoms with E-state index in [2.05, 4.69) is 28.9 Å². The van der Waals surface area contributed by atoms with Gasteiger partial charge in [0.15, 0.2) is 0 Å². The Hall–Kier alpha value is -0.550. The fourth-order valence-corrected chi connectivity index (χ4v) is 5.59. The van der Waals surface area contributed by atoms with Gasteiger partial charge in [0.25, 0.3) is 0 Å². The Morgan fingerprint density at radius 2 is 1.95 bits per heavy atom. The van der Waals surface area contributed by atoms with Crippen molar-refractivity contribution in [2.24, 2.45) is 5.92 Å². The molecule has 0 amide bonds. The van der Waals surface area contributed by atoms with E-state index in [4.69, 9.17) is 0 Å². The van der Waals surface area contributed by atoms with Gasteiger partial charge in [0.1, 0.15) is 0 Å². The summed E-state index contributed by atoms with van der Waals surface area (Å²) >= 11 is 3.54. The van der Waals surface area contributed by atoms with Crippen LogP contribution < -0.4 is 4.31 Å². The topological polar surface area (TPSA) is 37.4 Å². The highest BCUT2D eigenvalue weighted by Crippen LogP contribution is 2.47. The maximum absolute atomic E-state index is 12.2. The quantitative estimate of drug-likeness (QED) is 0.769. The van der Waals surface area contributed by atoms with Crippen LogP contribution in [-0.4, -0.2) is 21.2 Å². The number of halogens is 1. The predicted molar refractivity (Wildman–Crippen MR) is 94.9 cm³/mol. The Morgan fingerprint density at radius 1 is 1.27 bits per heavy atom. The van der Waals surface area contributed by atoms with Gasteiger partial charge in [-0.2, -0.15) is 0 Å². The first-order valence-corrected chi connectivity index (χ1v) is 10.7. The summed E-state index contributed by atoms with van der Waals surface area (Å²) in [6, 6.07) is 5.99. The molecule has 122 valence electrons. The molecule has 2 aliphatic rings. The monoisotopic (exact) mass is 385 g/mol. The number of hydrogen-bond donors (Lipinski definition) is 0. The molecule has 5 heteroatoms. The van der Waals surface area contributed by atoms with Crippen LogP contribution in [0, 0.1) is 5.92 Å². The zero-order valence-electron chi connectivity index (χ0n) is 13.3. The van der Waals surface area contributed by atoms with Crippen LogP contribution in [0.5, 0.6) is 0 Å². The number of anilines is 1. The van der Waals surface area contributed by atoms with Crippen molar-refractivity contribution in [1.29, 1.82) is 0 Å². The smallest absolute Gasteiger partial charge is 0.232 e. The molecule has 22 heavy (non-hydrogen) atoms. The third-order valence-electron chi connectivity index (χ3n) is 5.23. The van der Waals surface area contributed by atoms with Crippen molar-refractivity contribution in [3.63, 3.8) is 0 Å². The predicted octanol–water partition coefficient (Wildman–Crippen LogP) is 4.46. The summed E-state index contributed by atoms with van der Waals surface area (Å²) in [6.45, 7) is 2.81. The summed E-state index contributed by atoms with van der Waals surface area (Å²) in [4.78, 5) is 0. The van der Waals surface area contributed by atoms with E-state index in [0.29, 0.717) is 6.54 Å². The lowest BCUT2D eigenvalue weighted by atomic mass is 9.73. The highest BCUT2D eigenvalue weighted by Gasteiger charge is 2.43. The van der Waals surface area contributed by atoms with Crippen LogP contribution in [0.3, 0.4) is 0 Å². The number of nitrogens with zero attached hydrogens (tertiary/aromatic N) is 1. The minimum absolute atomic E-state index is 0.0792. The Kier molecular flexibility index (Phi) is 4.32. The van der Waals surface area contributed by atoms with Gasteiger partial charge in [-0.15, -0.1) is 0 Å². The van der Waals surface area contributed by atoms with Crippen LogP contribution in [0.1, 0.15) is 51.0 Å². The van der Waals surface area contributed by atoms with Crippen molar-refractivity contribution in [2.75, 3.05) is 17.1 Å². The van der Waals surface area contributed by atoms with Crippen LogP contribution in [0.25, 0.3) is 0 Å². The number of rotatable bonds is 3. The molecule has 1 fully saturated rings. The van der Waals surface area contributed by atoms with Crippen molar-refractivity contribution in [3.8, 4) is 0 Å². The highest BCUT2D eigenvalue weighted by atomic mass is 79.9. The third-order valence-corrected chi connectivity index (χ3v) is 6.85. The normalized spacial score (nSPS) is 26.2. The fourth-order valence-electron chi connectivity index (χ4n) is 4.20. The molecule has 0 aromatic heterocycles. The Bertz CT molecular complexity index is 667. The van der Waals surface area contributed by atoms with Gasteiger partial charge in [0.2, 0.25) is 10.0 Å². The first kappa shape index (κ1) is 16.3. The second kappa shape index (κ2) is 5.82. The summed E-state index contributed by atoms with van der Waals surface area (Å²) in [5.74, 6) is 0.727. The molecule has 0 radical (unpaired) electrons. The molecule has 3 rings (SSSR count). The molecule has 1 atom stereocenters. The Labute approximate surface area is 142 Å². The van der Waals surface area contributed by atoms with Gasteiger partial charge in [-0.25, -0.2) is 8.42 Å². The number of benzene rings is 1. The molecule has 0 spiro atoms. The molecule has 0 saturated heterocycles. The van der Waals surface area contributed by atoms with Crippen LogP contribution in [0.2, 0.25) is 0 Å². The van der Waals surface area contributed by atoms with E-state index in [1.54, 1.807) is 4.31 Å². The van der Waals surface area contributed by atoms with Gasteiger partial charge >= 0.3 is 0 Å². The third kappa shape index (κ3) is 3.07. The van der Waals surface area contributed by atoms with E-state index in [9.17, 15) is 8.42 Å². The maximum Gasteiger partial charge on any atom is 0.232 e. The number of sulfonamides is 1. The molecule has 1 saturated carbocycles. The summed E-state index contributed by atoms with van der Waals surface area (Å²) in [6.07, 6.45) is 8.97. The van der Waals surface area contributed by atoms with Gasteiger partial charge in [-0.1, -0.05) is 55.0 Å². The standard InChI is InChI=1S/C17H24BrNO2S/c1-17(11-13-6-4-3-5-7-13)12-19(22(2,20)21)16-9-8-14(18)10-15(16)17/h8-10,13H,3-7,11-12H2,1-2H3. The fraction of sp³-hybridized carbons (Fsp3) is 0.647. The lowest BCUT2D eigenvalue weighted by Crippen LogP contribution is -2.36. The molecule has 0 N–H and O–H groups in total. The van der Waals surface area contributed by atoms with E-state index >= 15 is 0 Å². The summed E-state index contributed by atoms with van der Waals surface area (Å²) in [5.41, 5.74) is 1.96. The molecular weight excluding hydrogens is 362 g/mol. The van der Waals surface area contributed by atoms with Gasteiger partial charge < -0.3 is 0 Å². The second-order valence-electron chi connectivity index (χ2n) is 7.20. The lowest BCUT2D eigenvalue weighted by Gasteiger charge is -2.32. The van der Waals surface area contributed by atoms with Gasteiger partial charge in [0, 0.05) is 16.4 Å². The zero-order valence-corrected chi connectivity index (χ0v) is 15.7. The van der Waals surface area contributed by atoms with Crippen LogP contribution >= 0.6 is 15.9 Å². The summed E-state index contributed by atoms with van der Waals surface area (Å²) < 4.78 is 27.0. The first-order valence-electron chi connectivity index (χ1n) is 8.07. The van der Waals surface area contributed by atoms with Gasteiger partial charge in [-0.05, 0) is 36.1 Å². The van der Waals surface area contributed by atoms with Gasteiger partial charge in [-0.3, -0.25) is 4.31 Å². The number of fused-ring (bicyclic) bond motifs is 1. The highest BCUT2D eigenvalue weighted by molar-refractivity contribution is 9.10. The molecule has 3 nitrogen and oxygen atoms in total. The summed E-state index contributed by atoms with van der Waals surface area (Å²) in [7, 11) is -3.22. The molecule has 0 bridgehead atoms. The van der Waals surface area contributed by atoms with Crippen molar-refractivity contribution in [3.05, 3.63) is 28.2 Å². The van der Waals surface area contributed by atoms with E-state index < -0.39 is 10.0 Å². The molecule has 1 aromatic carbocycles. The Balaban J connectivity index is 1.97. The summed E-state index contributed by atoms with van der Waals surface area (Å²) in [5, 5.41) is 0. The van der Waals surface area contributed by atoms with E-state index in [1.165, 1.54) is 43.9 Å². The second-order valence-corrected chi connectivity index (χ2v) is 10.0. The van der Waals surface area contributed by atoms with Crippen molar-refractivity contribution >= 4 is 31.6 Å². The lowest BCUT2D eigenvalue weighted by molar-refractivity contribution is 0.278. The molecule has 1 aromatic rings. The van der Waals surface area contributed by atoms with Crippen molar-refractivity contribution in [1.82, 2.24) is 0 Å². The van der Waals surface area contributed by atoms with Crippen molar-refractivity contribution in [2.45, 2.75) is 50.9 Å². The molecule has 1 unspecified atom stereocenters. The minimum atomic E-state index is -3.22. The SMILES string of the molecule is CC1(CC2CCCCC2)CN(S(C)(=O)=O)c2ccc(Br)cc21. The first-order chi connectivity index (χ1) is 10.3. The molecule has 1 aliphatic heterocycles. The van der Waals surface area contributed by atoms with Crippen molar-refractivity contribution < 1.29 is 8.42 Å².